The van der Waals surface area contributed by atoms with Crippen LogP contribution in [-0.2, 0) is 16.2 Å². The molecule has 286 valence electrons. The molecule has 1 atom stereocenters. The number of benzene rings is 7. The van der Waals surface area contributed by atoms with Gasteiger partial charge in [0.05, 0.1) is 45.5 Å². The minimum atomic E-state index is -0.708. The first-order valence-electron chi connectivity index (χ1n) is 21.2. The molecule has 4 aliphatic carbocycles. The van der Waals surface area contributed by atoms with Gasteiger partial charge in [-0.05, 0) is 115 Å². The number of pyridine rings is 2. The fourth-order valence-electron chi connectivity index (χ4n) is 12.3. The van der Waals surface area contributed by atoms with Crippen LogP contribution in [0.15, 0.2) is 188 Å². The Morgan fingerprint density at radius 3 is 1.56 bits per heavy atom. The van der Waals surface area contributed by atoms with Crippen LogP contribution in [0.5, 0.6) is 11.5 Å². The van der Waals surface area contributed by atoms with E-state index in [1.165, 1.54) is 72.3 Å². The number of ether oxygens (including phenoxy) is 1. The molecule has 0 N–H and O–H groups in total. The van der Waals surface area contributed by atoms with Crippen molar-refractivity contribution in [2.75, 3.05) is 4.90 Å². The zero-order valence-corrected chi connectivity index (χ0v) is 33.6. The number of para-hydroxylation sites is 4. The van der Waals surface area contributed by atoms with Crippen LogP contribution < -0.4 is 9.64 Å². The van der Waals surface area contributed by atoms with Gasteiger partial charge < -0.3 is 9.64 Å². The Bertz CT molecular complexity index is 3330. The Morgan fingerprint density at radius 2 is 0.902 bits per heavy atom. The summed E-state index contributed by atoms with van der Waals surface area (Å²) in [6, 6.07) is 65.0. The first-order valence-corrected chi connectivity index (χ1v) is 21.2. The number of hydrogen-bond acceptors (Lipinski definition) is 4. The summed E-state index contributed by atoms with van der Waals surface area (Å²) in [5.74, 6) is 1.63. The molecule has 1 aliphatic heterocycles. The summed E-state index contributed by atoms with van der Waals surface area (Å²) in [5.41, 5.74) is 21.4. The van der Waals surface area contributed by atoms with Crippen molar-refractivity contribution in [1.82, 2.24) is 9.97 Å². The molecule has 2 aromatic heterocycles. The Balaban J connectivity index is 1.11. The van der Waals surface area contributed by atoms with Gasteiger partial charge in [-0.3, -0.25) is 9.97 Å². The lowest BCUT2D eigenvalue weighted by molar-refractivity contribution is 0.477. The van der Waals surface area contributed by atoms with E-state index in [-0.39, 0.29) is 5.41 Å². The van der Waals surface area contributed by atoms with Crippen LogP contribution in [0.4, 0.5) is 17.1 Å². The zero-order valence-electron chi connectivity index (χ0n) is 33.6. The minimum Gasteiger partial charge on any atom is -0.453 e. The maximum Gasteiger partial charge on any atom is 0.151 e. The van der Waals surface area contributed by atoms with Gasteiger partial charge in [0.1, 0.15) is 0 Å². The second-order valence-electron chi connectivity index (χ2n) is 17.6. The lowest BCUT2D eigenvalue weighted by Crippen LogP contribution is -2.41. The van der Waals surface area contributed by atoms with Crippen molar-refractivity contribution in [2.45, 2.75) is 30.1 Å². The average Bonchev–Trinajstić information content (AvgIpc) is 3.89. The molecule has 14 rings (SSSR count). The number of fused-ring (bicyclic) bond motifs is 21. The topological polar surface area (TPSA) is 38.2 Å². The minimum absolute atomic E-state index is 0.335. The molecule has 5 aliphatic rings. The predicted molar refractivity (Wildman–Crippen MR) is 243 cm³/mol. The molecular formula is C57H37N3O. The zero-order chi connectivity index (χ0) is 40.2. The molecule has 0 saturated heterocycles. The first-order chi connectivity index (χ1) is 30.0. The maximum absolute atomic E-state index is 6.48. The first kappa shape index (κ1) is 33.3. The third kappa shape index (κ3) is 3.84. The molecule has 0 bridgehead atoms. The highest BCUT2D eigenvalue weighted by molar-refractivity contribution is 5.97. The van der Waals surface area contributed by atoms with Gasteiger partial charge >= 0.3 is 0 Å². The van der Waals surface area contributed by atoms with Crippen molar-refractivity contribution in [2.24, 2.45) is 0 Å². The fraction of sp³-hybridized carbons (Fsp3) is 0.0877. The fourth-order valence-corrected chi connectivity index (χ4v) is 12.3. The largest absolute Gasteiger partial charge is 0.453 e. The average molecular weight is 780 g/mol. The van der Waals surface area contributed by atoms with Crippen molar-refractivity contribution < 1.29 is 4.74 Å². The third-order valence-electron chi connectivity index (χ3n) is 14.6. The monoisotopic (exact) mass is 779 g/mol. The second-order valence-corrected chi connectivity index (χ2v) is 17.6. The van der Waals surface area contributed by atoms with E-state index >= 15 is 0 Å². The van der Waals surface area contributed by atoms with Crippen molar-refractivity contribution in [1.29, 1.82) is 0 Å². The molecule has 61 heavy (non-hydrogen) atoms. The third-order valence-corrected chi connectivity index (χ3v) is 14.6. The molecule has 9 aromatic rings. The number of aromatic nitrogens is 2. The van der Waals surface area contributed by atoms with Gasteiger partial charge in [0.2, 0.25) is 0 Å². The van der Waals surface area contributed by atoms with Gasteiger partial charge in [-0.1, -0.05) is 147 Å². The standard InChI is InChI=1S/C57H37N3O/c1-55(2)42-22-9-10-23-43(42)57(44-24-15-29-58-53(44)54-48(57)30-34(33-59-54)60-49-25-11-13-27-51(49)61-52-28-14-12-26-50(52)60)47-31-38-37-18-5-8-21-41(37)56(45(38)32-46(47)55)39-19-6-3-16-35(39)36-17-4-7-20-40(36)56/h3-33H,1-2H3. The van der Waals surface area contributed by atoms with Crippen LogP contribution in [-0.4, -0.2) is 9.97 Å². The molecule has 0 saturated carbocycles. The van der Waals surface area contributed by atoms with Gasteiger partial charge in [0.15, 0.2) is 11.5 Å². The van der Waals surface area contributed by atoms with Crippen LogP contribution in [0, 0.1) is 0 Å². The van der Waals surface area contributed by atoms with Crippen LogP contribution in [0.25, 0.3) is 33.6 Å². The molecule has 3 heterocycles. The van der Waals surface area contributed by atoms with Crippen LogP contribution in [0.2, 0.25) is 0 Å². The summed E-state index contributed by atoms with van der Waals surface area (Å²) in [7, 11) is 0. The van der Waals surface area contributed by atoms with Crippen molar-refractivity contribution in [3.63, 3.8) is 0 Å². The summed E-state index contributed by atoms with van der Waals surface area (Å²) in [6.07, 6.45) is 3.94. The van der Waals surface area contributed by atoms with Crippen LogP contribution in [0.3, 0.4) is 0 Å². The van der Waals surface area contributed by atoms with Gasteiger partial charge in [-0.25, -0.2) is 0 Å². The van der Waals surface area contributed by atoms with Gasteiger partial charge in [0, 0.05) is 17.2 Å². The maximum atomic E-state index is 6.48. The van der Waals surface area contributed by atoms with E-state index in [9.17, 15) is 0 Å². The molecule has 7 aromatic carbocycles. The molecule has 0 radical (unpaired) electrons. The van der Waals surface area contributed by atoms with E-state index < -0.39 is 10.8 Å². The van der Waals surface area contributed by atoms with Crippen LogP contribution >= 0.6 is 0 Å². The van der Waals surface area contributed by atoms with Gasteiger partial charge in [-0.2, -0.15) is 0 Å². The lowest BCUT2D eigenvalue weighted by Gasteiger charge is -2.47. The highest BCUT2D eigenvalue weighted by Gasteiger charge is 2.58. The van der Waals surface area contributed by atoms with E-state index in [1.807, 2.05) is 36.7 Å². The Labute approximate surface area is 354 Å². The number of nitrogens with zero attached hydrogens (tertiary/aromatic N) is 3. The SMILES string of the molecule is CC1(C)c2ccccc2C2(c3cc4c(cc31)C1(c3ccccc3-c3ccccc31)c1ccccc1-4)c1cccnc1-c1ncc(N3c4ccccc4Oc4ccccc43)cc12. The smallest absolute Gasteiger partial charge is 0.151 e. The van der Waals surface area contributed by atoms with Gasteiger partial charge in [0.25, 0.3) is 0 Å². The number of anilines is 3. The molecule has 0 amide bonds. The van der Waals surface area contributed by atoms with Crippen LogP contribution in [0.1, 0.15) is 69.5 Å². The van der Waals surface area contributed by atoms with Crippen molar-refractivity contribution in [3.05, 3.63) is 244 Å². The Morgan fingerprint density at radius 1 is 0.393 bits per heavy atom. The summed E-state index contributed by atoms with van der Waals surface area (Å²) >= 11 is 0. The molecule has 4 heteroatoms. The lowest BCUT2D eigenvalue weighted by atomic mass is 9.55. The quantitative estimate of drug-likeness (QED) is 0.166. The number of rotatable bonds is 1. The molecule has 1 unspecified atom stereocenters. The predicted octanol–water partition coefficient (Wildman–Crippen LogP) is 13.4. The molecule has 2 spiro atoms. The summed E-state index contributed by atoms with van der Waals surface area (Å²) in [5, 5.41) is 0. The van der Waals surface area contributed by atoms with Crippen molar-refractivity contribution in [3.8, 4) is 45.1 Å². The van der Waals surface area contributed by atoms with E-state index in [0.717, 1.165) is 45.5 Å². The normalized spacial score (nSPS) is 17.8. The summed E-state index contributed by atoms with van der Waals surface area (Å²) in [4.78, 5) is 12.9. The molecule has 4 nitrogen and oxygen atoms in total. The molecular weight excluding hydrogens is 743 g/mol. The van der Waals surface area contributed by atoms with E-state index in [4.69, 9.17) is 14.7 Å². The number of hydrogen-bond donors (Lipinski definition) is 0. The highest BCUT2D eigenvalue weighted by Crippen LogP contribution is 2.67. The second kappa shape index (κ2) is 11.4. The Hall–Kier alpha value is -7.56. The molecule has 0 fully saturated rings. The van der Waals surface area contributed by atoms with E-state index in [0.29, 0.717) is 0 Å². The van der Waals surface area contributed by atoms with E-state index in [1.54, 1.807) is 0 Å². The summed E-state index contributed by atoms with van der Waals surface area (Å²) < 4.78 is 6.48. The van der Waals surface area contributed by atoms with E-state index in [2.05, 4.69) is 170 Å². The Kier molecular flexibility index (Phi) is 6.21. The summed E-state index contributed by atoms with van der Waals surface area (Å²) in [6.45, 7) is 4.84. The van der Waals surface area contributed by atoms with Gasteiger partial charge in [-0.15, -0.1) is 0 Å². The highest BCUT2D eigenvalue weighted by atomic mass is 16.5. The van der Waals surface area contributed by atoms with Crippen molar-refractivity contribution >= 4 is 17.1 Å².